The minimum absolute atomic E-state index is 0.0598. The van der Waals surface area contributed by atoms with Crippen molar-refractivity contribution in [2.45, 2.75) is 53.0 Å². The van der Waals surface area contributed by atoms with Gasteiger partial charge < -0.3 is 15.8 Å². The first kappa shape index (κ1) is 18.6. The average molecular weight is 327 g/mol. The molecule has 0 saturated carbocycles. The molecule has 2 unspecified atom stereocenters. The number of ether oxygens (including phenoxy) is 1. The van der Waals surface area contributed by atoms with Crippen LogP contribution in [0.4, 0.5) is 5.13 Å². The smallest absolute Gasteiger partial charge is 0.350 e. The summed E-state index contributed by atoms with van der Waals surface area (Å²) in [5.74, 6) is -0.553. The maximum absolute atomic E-state index is 12.1. The van der Waals surface area contributed by atoms with Gasteiger partial charge in [0.25, 0.3) is 0 Å². The lowest BCUT2D eigenvalue weighted by atomic mass is 10.00. The van der Waals surface area contributed by atoms with E-state index >= 15 is 0 Å². The van der Waals surface area contributed by atoms with Gasteiger partial charge in [-0.15, -0.1) is 0 Å². The fourth-order valence-electron chi connectivity index (χ4n) is 1.82. The Hall–Kier alpha value is -1.47. The molecule has 6 nitrogen and oxygen atoms in total. The molecule has 0 aliphatic heterocycles. The highest BCUT2D eigenvalue weighted by atomic mass is 32.1. The molecular formula is C15H25N3O3S. The first-order chi connectivity index (χ1) is 10.3. The van der Waals surface area contributed by atoms with Gasteiger partial charge in [-0.3, -0.25) is 4.79 Å². The Balaban J connectivity index is 2.95. The molecule has 22 heavy (non-hydrogen) atoms. The number of nitrogens with two attached hydrogens (primary N) is 1. The van der Waals surface area contributed by atoms with Crippen LogP contribution in [0.25, 0.3) is 0 Å². The lowest BCUT2D eigenvalue weighted by Crippen LogP contribution is -2.40. The second-order valence-electron chi connectivity index (χ2n) is 5.51. The van der Waals surface area contributed by atoms with Crippen molar-refractivity contribution in [3.63, 3.8) is 0 Å². The summed E-state index contributed by atoms with van der Waals surface area (Å²) in [4.78, 5) is 28.9. The normalized spacial score (nSPS) is 13.8. The number of hydrogen-bond donors (Lipinski definition) is 2. The largest absolute Gasteiger partial charge is 0.462 e. The minimum Gasteiger partial charge on any atom is -0.462 e. The Kier molecular flexibility index (Phi) is 6.96. The molecule has 1 aromatic heterocycles. The summed E-state index contributed by atoms with van der Waals surface area (Å²) >= 11 is 1.13. The van der Waals surface area contributed by atoms with E-state index < -0.39 is 12.0 Å². The van der Waals surface area contributed by atoms with Crippen LogP contribution in [-0.4, -0.2) is 29.5 Å². The summed E-state index contributed by atoms with van der Waals surface area (Å²) in [6, 6.07) is -0.595. The van der Waals surface area contributed by atoms with Gasteiger partial charge in [-0.05, 0) is 18.8 Å². The van der Waals surface area contributed by atoms with Gasteiger partial charge in [0.2, 0.25) is 5.91 Å². The predicted octanol–water partition coefficient (Wildman–Crippen LogP) is 2.76. The van der Waals surface area contributed by atoms with Crippen molar-refractivity contribution in [1.82, 2.24) is 4.98 Å². The molecule has 0 spiro atoms. The molecule has 0 aliphatic rings. The Morgan fingerprint density at radius 3 is 2.45 bits per heavy atom. The second kappa shape index (κ2) is 8.24. The van der Waals surface area contributed by atoms with E-state index in [0.29, 0.717) is 22.3 Å². The van der Waals surface area contributed by atoms with E-state index in [4.69, 9.17) is 10.5 Å². The van der Waals surface area contributed by atoms with Gasteiger partial charge in [0, 0.05) is 0 Å². The molecule has 0 aromatic carbocycles. The summed E-state index contributed by atoms with van der Waals surface area (Å²) in [5, 5.41) is 3.09. The van der Waals surface area contributed by atoms with E-state index in [1.165, 1.54) is 0 Å². The molecule has 124 valence electrons. The van der Waals surface area contributed by atoms with Crippen molar-refractivity contribution in [3.8, 4) is 0 Å². The van der Waals surface area contributed by atoms with E-state index in [9.17, 15) is 9.59 Å². The molecule has 0 bridgehead atoms. The molecule has 0 saturated heterocycles. The van der Waals surface area contributed by atoms with Crippen LogP contribution in [0.5, 0.6) is 0 Å². The van der Waals surface area contributed by atoms with Crippen molar-refractivity contribution in [1.29, 1.82) is 0 Å². The van der Waals surface area contributed by atoms with Crippen LogP contribution in [0, 0.1) is 5.92 Å². The Bertz CT molecular complexity index is 528. The van der Waals surface area contributed by atoms with Crippen LogP contribution in [0.2, 0.25) is 0 Å². The SMILES string of the molecule is CCOC(=O)c1sc(NC(=O)C(N)C(C)CC)nc1C(C)C. The number of rotatable bonds is 7. The quantitative estimate of drug-likeness (QED) is 0.751. The lowest BCUT2D eigenvalue weighted by molar-refractivity contribution is -0.118. The van der Waals surface area contributed by atoms with E-state index in [-0.39, 0.29) is 17.7 Å². The molecular weight excluding hydrogens is 302 g/mol. The molecule has 1 heterocycles. The van der Waals surface area contributed by atoms with E-state index in [1.807, 2.05) is 27.7 Å². The van der Waals surface area contributed by atoms with E-state index in [1.54, 1.807) is 6.92 Å². The van der Waals surface area contributed by atoms with Crippen LogP contribution in [0.15, 0.2) is 0 Å². The number of nitrogens with one attached hydrogen (secondary N) is 1. The topological polar surface area (TPSA) is 94.3 Å². The number of hydrogen-bond acceptors (Lipinski definition) is 6. The summed E-state index contributed by atoms with van der Waals surface area (Å²) in [7, 11) is 0. The highest BCUT2D eigenvalue weighted by Crippen LogP contribution is 2.29. The Morgan fingerprint density at radius 2 is 1.95 bits per heavy atom. The first-order valence-corrected chi connectivity index (χ1v) is 8.37. The molecule has 0 fully saturated rings. The first-order valence-electron chi connectivity index (χ1n) is 7.56. The molecule has 7 heteroatoms. The fourth-order valence-corrected chi connectivity index (χ4v) is 2.84. The average Bonchev–Trinajstić information content (AvgIpc) is 2.90. The van der Waals surface area contributed by atoms with Crippen LogP contribution < -0.4 is 11.1 Å². The standard InChI is InChI=1S/C15H25N3O3S/c1-6-9(5)10(16)13(19)18-15-17-11(8(3)4)12(22-15)14(20)21-7-2/h8-10H,6-7,16H2,1-5H3,(H,17,18,19). The highest BCUT2D eigenvalue weighted by Gasteiger charge is 2.24. The molecule has 0 aliphatic carbocycles. The van der Waals surface area contributed by atoms with Gasteiger partial charge in [0.1, 0.15) is 4.88 Å². The maximum atomic E-state index is 12.1. The van der Waals surface area contributed by atoms with Gasteiger partial charge in [-0.2, -0.15) is 0 Å². The van der Waals surface area contributed by atoms with Crippen molar-refractivity contribution >= 4 is 28.3 Å². The Labute approximate surface area is 135 Å². The lowest BCUT2D eigenvalue weighted by Gasteiger charge is -2.16. The minimum atomic E-state index is -0.595. The molecule has 3 N–H and O–H groups in total. The number of nitrogens with zero attached hydrogens (tertiary/aromatic N) is 1. The number of carbonyl (C=O) groups is 2. The third-order valence-corrected chi connectivity index (χ3v) is 4.42. The number of thiazole rings is 1. The summed E-state index contributed by atoms with van der Waals surface area (Å²) in [6.07, 6.45) is 0.817. The Morgan fingerprint density at radius 1 is 1.32 bits per heavy atom. The van der Waals surface area contributed by atoms with Crippen LogP contribution in [0.1, 0.15) is 62.3 Å². The zero-order valence-electron chi connectivity index (χ0n) is 13.8. The van der Waals surface area contributed by atoms with Gasteiger partial charge in [-0.1, -0.05) is 45.5 Å². The van der Waals surface area contributed by atoms with Crippen molar-refractivity contribution in [3.05, 3.63) is 10.6 Å². The molecule has 0 radical (unpaired) electrons. The van der Waals surface area contributed by atoms with Crippen molar-refractivity contribution in [2.24, 2.45) is 11.7 Å². The monoisotopic (exact) mass is 327 g/mol. The number of amides is 1. The molecule has 1 aromatic rings. The number of carbonyl (C=O) groups excluding carboxylic acids is 2. The zero-order valence-corrected chi connectivity index (χ0v) is 14.6. The van der Waals surface area contributed by atoms with E-state index in [2.05, 4.69) is 10.3 Å². The summed E-state index contributed by atoms with van der Waals surface area (Å²) in [5.41, 5.74) is 6.54. The molecule has 1 amide bonds. The van der Waals surface area contributed by atoms with Gasteiger partial charge >= 0.3 is 5.97 Å². The number of esters is 1. The third kappa shape index (κ3) is 4.51. The zero-order chi connectivity index (χ0) is 16.9. The fraction of sp³-hybridized carbons (Fsp3) is 0.667. The molecule has 1 rings (SSSR count). The summed E-state index contributed by atoms with van der Waals surface area (Å²) in [6.45, 7) is 9.84. The van der Waals surface area contributed by atoms with Gasteiger partial charge in [0.15, 0.2) is 5.13 Å². The van der Waals surface area contributed by atoms with Crippen LogP contribution in [0.3, 0.4) is 0 Å². The molecule has 2 atom stereocenters. The van der Waals surface area contributed by atoms with Crippen LogP contribution >= 0.6 is 11.3 Å². The highest BCUT2D eigenvalue weighted by molar-refractivity contribution is 7.17. The van der Waals surface area contributed by atoms with E-state index in [0.717, 1.165) is 17.8 Å². The second-order valence-corrected chi connectivity index (χ2v) is 6.51. The van der Waals surface area contributed by atoms with Gasteiger partial charge in [-0.25, -0.2) is 9.78 Å². The van der Waals surface area contributed by atoms with Gasteiger partial charge in [0.05, 0.1) is 18.3 Å². The predicted molar refractivity (Wildman–Crippen MR) is 88.2 cm³/mol. The van der Waals surface area contributed by atoms with Crippen molar-refractivity contribution < 1.29 is 14.3 Å². The summed E-state index contributed by atoms with van der Waals surface area (Å²) < 4.78 is 5.03. The number of anilines is 1. The van der Waals surface area contributed by atoms with Crippen molar-refractivity contribution in [2.75, 3.05) is 11.9 Å². The van der Waals surface area contributed by atoms with Crippen LogP contribution in [-0.2, 0) is 9.53 Å². The third-order valence-electron chi connectivity index (χ3n) is 3.45. The number of aromatic nitrogens is 1. The maximum Gasteiger partial charge on any atom is 0.350 e.